The van der Waals surface area contributed by atoms with E-state index in [1.165, 1.54) is 48.4 Å². The van der Waals surface area contributed by atoms with Gasteiger partial charge in [-0.25, -0.2) is 0 Å². The molecule has 0 atom stereocenters. The summed E-state index contributed by atoms with van der Waals surface area (Å²) in [6.45, 7) is 12.1. The molecule has 3 heterocycles. The maximum Gasteiger partial charge on any atom is 0.164 e. The van der Waals surface area contributed by atoms with E-state index in [2.05, 4.69) is 95.6 Å². The van der Waals surface area contributed by atoms with Crippen LogP contribution in [0.5, 0.6) is 0 Å². The fourth-order valence-electron chi connectivity index (χ4n) is 6.31. The van der Waals surface area contributed by atoms with E-state index < -0.39 is 0 Å². The number of fused-ring (bicyclic) bond motifs is 3. The average molecular weight is 832 g/mol. The molecule has 0 fully saturated rings. The van der Waals surface area contributed by atoms with E-state index in [1.807, 2.05) is 59.1 Å². The molecule has 6 heteroatoms. The van der Waals surface area contributed by atoms with Crippen molar-refractivity contribution in [1.82, 2.24) is 9.55 Å². The summed E-state index contributed by atoms with van der Waals surface area (Å²) in [7, 11) is 0. The largest absolute Gasteiger partial charge is 0.512 e. The molecule has 0 bridgehead atoms. The number of hydrogen-bond donors (Lipinski definition) is 1. The number of aliphatic hydroxyl groups excluding tert-OH is 1. The van der Waals surface area contributed by atoms with E-state index in [0.717, 1.165) is 42.0 Å². The Morgan fingerprint density at radius 3 is 2.15 bits per heavy atom. The molecular formula is C42H43IrN2O2S-. The zero-order chi connectivity index (χ0) is 33.3. The molecule has 4 aromatic carbocycles. The quantitative estimate of drug-likeness (QED) is 0.0943. The maximum atomic E-state index is 12.2. The summed E-state index contributed by atoms with van der Waals surface area (Å²) in [5.41, 5.74) is 3.98. The maximum absolute atomic E-state index is 12.2. The number of allylic oxidation sites excluding steroid dienone is 2. The van der Waals surface area contributed by atoms with Gasteiger partial charge >= 0.3 is 0 Å². The fraction of sp³-hybridized carbons (Fsp3) is 0.286. The molecule has 0 saturated carbocycles. The topological polar surface area (TPSA) is 55.1 Å². The molecule has 1 N–H and O–H groups in total. The van der Waals surface area contributed by atoms with Crippen LogP contribution in [0.1, 0.15) is 67.2 Å². The molecule has 7 aromatic rings. The van der Waals surface area contributed by atoms with Gasteiger partial charge in [0.1, 0.15) is 5.76 Å². The summed E-state index contributed by atoms with van der Waals surface area (Å²) in [5.74, 6) is 0.286. The number of carbonyl (C=O) groups is 1. The molecule has 4 nitrogen and oxygen atoms in total. The van der Waals surface area contributed by atoms with Crippen LogP contribution >= 0.6 is 11.3 Å². The summed E-state index contributed by atoms with van der Waals surface area (Å²) in [6, 6.07) is 33.7. The van der Waals surface area contributed by atoms with Crippen molar-refractivity contribution in [3.63, 3.8) is 0 Å². The monoisotopic (exact) mass is 832 g/mol. The molecule has 0 aliphatic heterocycles. The number of ketones is 1. The molecule has 1 radical (unpaired) electrons. The van der Waals surface area contributed by atoms with Crippen LogP contribution in [0.3, 0.4) is 0 Å². The number of aliphatic hydroxyl groups is 1. The van der Waals surface area contributed by atoms with Gasteiger partial charge in [0.05, 0.1) is 11.0 Å². The third-order valence-electron chi connectivity index (χ3n) is 10.5. The second-order valence-corrected chi connectivity index (χ2v) is 14.1. The molecule has 0 aliphatic rings. The number of para-hydroxylation sites is 1. The fourth-order valence-corrected chi connectivity index (χ4v) is 7.43. The zero-order valence-electron chi connectivity index (χ0n) is 28.6. The van der Waals surface area contributed by atoms with Crippen molar-refractivity contribution in [2.75, 3.05) is 0 Å². The molecule has 0 saturated heterocycles. The molecule has 48 heavy (non-hydrogen) atoms. The van der Waals surface area contributed by atoms with Gasteiger partial charge in [-0.15, -0.1) is 23.6 Å². The Balaban J connectivity index is 0.000000218. The van der Waals surface area contributed by atoms with Crippen LogP contribution in [0.15, 0.2) is 103 Å². The normalized spacial score (nSPS) is 12.4. The minimum absolute atomic E-state index is 0. The van der Waals surface area contributed by atoms with Crippen LogP contribution in [-0.2, 0) is 24.9 Å². The molecule has 0 amide bonds. The Morgan fingerprint density at radius 2 is 1.46 bits per heavy atom. The third-order valence-corrected chi connectivity index (χ3v) is 11.6. The standard InChI is InChI=1S/C27H15N2S.C15H28O2.Ir/c1-2-9-19(10-3-1)29-21-11-6-12-23-25(21)26-22(29)13-14-28-27(26)20-15-17-7-4-5-8-18(17)16-24(20)30-23;1-7-14(5,8-2)12(16)11-13(17)15(6,9-3)10-4;/h1-14,16H;11,16H,7-10H2,1-6H3;/q-1;;/b;12-11-;. The molecule has 0 unspecified atom stereocenters. The van der Waals surface area contributed by atoms with E-state index in [-0.39, 0.29) is 42.5 Å². The molecule has 3 aromatic heterocycles. The van der Waals surface area contributed by atoms with Crippen LogP contribution < -0.4 is 0 Å². The summed E-state index contributed by atoms with van der Waals surface area (Å²) in [4.78, 5) is 17.1. The van der Waals surface area contributed by atoms with E-state index in [9.17, 15) is 9.90 Å². The zero-order valence-corrected chi connectivity index (χ0v) is 31.8. The predicted octanol–water partition coefficient (Wildman–Crippen LogP) is 12.1. The van der Waals surface area contributed by atoms with Crippen molar-refractivity contribution in [3.05, 3.63) is 109 Å². The second kappa shape index (κ2) is 14.3. The first-order valence-corrected chi connectivity index (χ1v) is 17.6. The predicted molar refractivity (Wildman–Crippen MR) is 201 cm³/mol. The van der Waals surface area contributed by atoms with E-state index in [4.69, 9.17) is 4.98 Å². The minimum atomic E-state index is -0.337. The number of nitrogens with zero attached hydrogens (tertiary/aromatic N) is 2. The van der Waals surface area contributed by atoms with Crippen molar-refractivity contribution in [2.24, 2.45) is 10.8 Å². The first-order valence-electron chi connectivity index (χ1n) is 16.7. The molecular weight excluding hydrogens is 789 g/mol. The van der Waals surface area contributed by atoms with E-state index in [0.29, 0.717) is 0 Å². The van der Waals surface area contributed by atoms with Gasteiger partial charge in [-0.05, 0) is 60.7 Å². The number of benzene rings is 4. The Kier molecular flexibility index (Phi) is 10.6. The summed E-state index contributed by atoms with van der Waals surface area (Å²) < 4.78 is 4.83. The first kappa shape index (κ1) is 35.5. The van der Waals surface area contributed by atoms with Gasteiger partial charge in [0.25, 0.3) is 0 Å². The Bertz CT molecular complexity index is 2260. The summed E-state index contributed by atoms with van der Waals surface area (Å²) >= 11 is 1.82. The van der Waals surface area contributed by atoms with Crippen molar-refractivity contribution < 1.29 is 30.0 Å². The van der Waals surface area contributed by atoms with Crippen LogP contribution in [0.4, 0.5) is 0 Å². The van der Waals surface area contributed by atoms with E-state index >= 15 is 0 Å². The van der Waals surface area contributed by atoms with Gasteiger partial charge in [-0.1, -0.05) is 94.8 Å². The average Bonchev–Trinajstić information content (AvgIpc) is 3.39. The van der Waals surface area contributed by atoms with Gasteiger partial charge in [0.2, 0.25) is 0 Å². The summed E-state index contributed by atoms with van der Waals surface area (Å²) in [6.07, 6.45) is 6.68. The Morgan fingerprint density at radius 1 is 0.812 bits per heavy atom. The van der Waals surface area contributed by atoms with Crippen LogP contribution in [0, 0.1) is 16.9 Å². The smallest absolute Gasteiger partial charge is 0.164 e. The van der Waals surface area contributed by atoms with Crippen molar-refractivity contribution in [1.29, 1.82) is 0 Å². The number of hydrogen-bond acceptors (Lipinski definition) is 4. The third kappa shape index (κ3) is 6.22. The number of aromatic nitrogens is 2. The van der Waals surface area contributed by atoms with Crippen molar-refractivity contribution in [3.8, 4) is 5.69 Å². The van der Waals surface area contributed by atoms with Crippen molar-refractivity contribution in [2.45, 2.75) is 67.2 Å². The van der Waals surface area contributed by atoms with Gasteiger partial charge in [0.15, 0.2) is 5.78 Å². The van der Waals surface area contributed by atoms with Crippen LogP contribution in [-0.4, -0.2) is 20.4 Å². The van der Waals surface area contributed by atoms with Gasteiger partial charge < -0.3 is 9.67 Å². The Hall–Kier alpha value is -3.83. The molecule has 0 spiro atoms. The second-order valence-electron chi connectivity index (χ2n) is 13.0. The van der Waals surface area contributed by atoms with Crippen LogP contribution in [0.2, 0.25) is 0 Å². The first-order chi connectivity index (χ1) is 22.7. The number of rotatable bonds is 8. The van der Waals surface area contributed by atoms with Crippen LogP contribution in [0.25, 0.3) is 58.6 Å². The number of pyridine rings is 1. The minimum Gasteiger partial charge on any atom is -0.512 e. The van der Waals surface area contributed by atoms with Gasteiger partial charge in [-0.2, -0.15) is 11.3 Å². The molecule has 249 valence electrons. The number of carbonyl (C=O) groups excluding carboxylic acids is 1. The van der Waals surface area contributed by atoms with E-state index in [1.54, 1.807) is 0 Å². The summed E-state index contributed by atoms with van der Waals surface area (Å²) in [5, 5.41) is 16.0. The van der Waals surface area contributed by atoms with Crippen molar-refractivity contribution >= 4 is 70.0 Å². The van der Waals surface area contributed by atoms with Gasteiger partial charge in [-0.3, -0.25) is 9.78 Å². The Labute approximate surface area is 300 Å². The SMILES string of the molecule is CCC(C)(CC)C(=O)/C=C(\O)C(C)(CC)CC.[Ir].[c-]1c2ccccc2cc2sc3cccc4c3c3c(nccc3n4-c3ccccc3)c12. The van der Waals surface area contributed by atoms with Gasteiger partial charge in [0, 0.05) is 69.9 Å². The molecule has 7 rings (SSSR count). The molecule has 0 aliphatic carbocycles.